The van der Waals surface area contributed by atoms with E-state index in [4.69, 9.17) is 4.74 Å². The molecule has 0 N–H and O–H groups in total. The molecule has 0 aliphatic carbocycles. The normalized spacial score (nSPS) is 11.0. The molecular formula is C11H21NO5S. The number of carbonyl (C=O) groups is 1. The van der Waals surface area contributed by atoms with Gasteiger partial charge in [0.05, 0.1) is 6.26 Å². The molecule has 0 fully saturated rings. The van der Waals surface area contributed by atoms with Gasteiger partial charge in [-0.25, -0.2) is 4.79 Å². The SMILES string of the molecule is C=CCCCCN(C)C(=O)OCCOS(C)(=O)=O. The van der Waals surface area contributed by atoms with Gasteiger partial charge in [-0.05, 0) is 19.3 Å². The minimum Gasteiger partial charge on any atom is -0.447 e. The minimum absolute atomic E-state index is 0.0805. The predicted octanol–water partition coefficient (Wildman–Crippen LogP) is 1.39. The fourth-order valence-corrected chi connectivity index (χ4v) is 1.52. The summed E-state index contributed by atoms with van der Waals surface area (Å²) in [6, 6.07) is 0. The third kappa shape index (κ3) is 10.1. The number of amides is 1. The average molecular weight is 279 g/mol. The molecule has 0 rings (SSSR count). The van der Waals surface area contributed by atoms with Crippen LogP contribution in [0.5, 0.6) is 0 Å². The van der Waals surface area contributed by atoms with Crippen molar-refractivity contribution in [3.63, 3.8) is 0 Å². The first-order chi connectivity index (χ1) is 8.37. The molecule has 0 aromatic rings. The van der Waals surface area contributed by atoms with Gasteiger partial charge in [0.1, 0.15) is 13.2 Å². The number of ether oxygens (including phenoxy) is 1. The fourth-order valence-electron chi connectivity index (χ4n) is 1.15. The molecule has 0 aliphatic heterocycles. The molecule has 0 unspecified atom stereocenters. The summed E-state index contributed by atoms with van der Waals surface area (Å²) < 4.78 is 30.5. The lowest BCUT2D eigenvalue weighted by Gasteiger charge is -2.16. The molecule has 7 heteroatoms. The summed E-state index contributed by atoms with van der Waals surface area (Å²) >= 11 is 0. The molecule has 0 bridgehead atoms. The van der Waals surface area contributed by atoms with Gasteiger partial charge in [-0.1, -0.05) is 6.08 Å². The lowest BCUT2D eigenvalue weighted by Crippen LogP contribution is -2.29. The Morgan fingerprint density at radius 2 is 2.00 bits per heavy atom. The lowest BCUT2D eigenvalue weighted by atomic mass is 10.2. The number of carbonyl (C=O) groups excluding carboxylic acids is 1. The fraction of sp³-hybridized carbons (Fsp3) is 0.727. The Morgan fingerprint density at radius 3 is 2.56 bits per heavy atom. The molecule has 0 aromatic heterocycles. The minimum atomic E-state index is -3.48. The summed E-state index contributed by atoms with van der Waals surface area (Å²) in [4.78, 5) is 12.9. The maximum absolute atomic E-state index is 11.4. The summed E-state index contributed by atoms with van der Waals surface area (Å²) in [7, 11) is -1.84. The van der Waals surface area contributed by atoms with Crippen molar-refractivity contribution in [2.24, 2.45) is 0 Å². The molecule has 0 atom stereocenters. The van der Waals surface area contributed by atoms with Crippen LogP contribution < -0.4 is 0 Å². The first-order valence-corrected chi connectivity index (χ1v) is 7.51. The van der Waals surface area contributed by atoms with Crippen LogP contribution in [-0.4, -0.2) is 52.5 Å². The van der Waals surface area contributed by atoms with Gasteiger partial charge in [-0.2, -0.15) is 8.42 Å². The van der Waals surface area contributed by atoms with Crippen molar-refractivity contribution in [1.29, 1.82) is 0 Å². The number of hydrogen-bond acceptors (Lipinski definition) is 5. The highest BCUT2D eigenvalue weighted by Gasteiger charge is 2.09. The van der Waals surface area contributed by atoms with E-state index in [1.165, 1.54) is 4.90 Å². The van der Waals surface area contributed by atoms with Crippen LogP contribution in [-0.2, 0) is 19.0 Å². The van der Waals surface area contributed by atoms with Crippen LogP contribution in [0.1, 0.15) is 19.3 Å². The van der Waals surface area contributed by atoms with Gasteiger partial charge in [0.25, 0.3) is 10.1 Å². The zero-order chi connectivity index (χ0) is 14.0. The maximum atomic E-state index is 11.4. The highest BCUT2D eigenvalue weighted by molar-refractivity contribution is 7.85. The van der Waals surface area contributed by atoms with Gasteiger partial charge in [0.2, 0.25) is 0 Å². The lowest BCUT2D eigenvalue weighted by molar-refractivity contribution is 0.0960. The second-order valence-electron chi connectivity index (χ2n) is 3.85. The van der Waals surface area contributed by atoms with Crippen molar-refractivity contribution in [3.05, 3.63) is 12.7 Å². The van der Waals surface area contributed by atoms with E-state index >= 15 is 0 Å². The van der Waals surface area contributed by atoms with E-state index in [2.05, 4.69) is 10.8 Å². The van der Waals surface area contributed by atoms with Crippen LogP contribution in [0.15, 0.2) is 12.7 Å². The second kappa shape index (κ2) is 8.93. The quantitative estimate of drug-likeness (QED) is 0.362. The van der Waals surface area contributed by atoms with E-state index in [1.807, 2.05) is 6.08 Å². The molecule has 0 aromatic carbocycles. The standard InChI is InChI=1S/C11H21NO5S/c1-4-5-6-7-8-12(2)11(13)16-9-10-17-18(3,14)15/h4H,1,5-10H2,2-3H3. The van der Waals surface area contributed by atoms with Crippen LogP contribution in [0.25, 0.3) is 0 Å². The molecule has 0 saturated carbocycles. The number of unbranched alkanes of at least 4 members (excludes halogenated alkanes) is 2. The summed E-state index contributed by atoms with van der Waals surface area (Å²) in [5, 5.41) is 0. The smallest absolute Gasteiger partial charge is 0.409 e. The Labute approximate surface area is 109 Å². The van der Waals surface area contributed by atoms with Crippen LogP contribution in [0, 0.1) is 0 Å². The number of hydrogen-bond donors (Lipinski definition) is 0. The molecule has 0 saturated heterocycles. The first-order valence-electron chi connectivity index (χ1n) is 5.70. The molecule has 18 heavy (non-hydrogen) atoms. The highest BCUT2D eigenvalue weighted by atomic mass is 32.2. The van der Waals surface area contributed by atoms with Crippen molar-refractivity contribution >= 4 is 16.2 Å². The van der Waals surface area contributed by atoms with Crippen LogP contribution in [0.4, 0.5) is 4.79 Å². The van der Waals surface area contributed by atoms with Gasteiger partial charge >= 0.3 is 6.09 Å². The van der Waals surface area contributed by atoms with Crippen molar-refractivity contribution in [1.82, 2.24) is 4.90 Å². The summed E-state index contributed by atoms with van der Waals surface area (Å²) in [5.74, 6) is 0. The van der Waals surface area contributed by atoms with Crippen molar-refractivity contribution in [2.45, 2.75) is 19.3 Å². The Morgan fingerprint density at radius 1 is 1.33 bits per heavy atom. The zero-order valence-electron chi connectivity index (χ0n) is 10.9. The maximum Gasteiger partial charge on any atom is 0.409 e. The largest absolute Gasteiger partial charge is 0.447 e. The molecule has 1 amide bonds. The van der Waals surface area contributed by atoms with E-state index in [0.717, 1.165) is 25.5 Å². The third-order valence-electron chi connectivity index (χ3n) is 2.07. The van der Waals surface area contributed by atoms with Crippen LogP contribution >= 0.6 is 0 Å². The van der Waals surface area contributed by atoms with Crippen molar-refractivity contribution in [2.75, 3.05) is 33.1 Å². The Kier molecular flexibility index (Phi) is 8.40. The Balaban J connectivity index is 3.65. The van der Waals surface area contributed by atoms with Gasteiger partial charge in [-0.15, -0.1) is 6.58 Å². The van der Waals surface area contributed by atoms with Gasteiger partial charge < -0.3 is 9.64 Å². The Bertz CT molecular complexity index is 352. The third-order valence-corrected chi connectivity index (χ3v) is 2.66. The molecule has 0 aliphatic rings. The van der Waals surface area contributed by atoms with E-state index in [-0.39, 0.29) is 13.2 Å². The van der Waals surface area contributed by atoms with Gasteiger partial charge in [0, 0.05) is 13.6 Å². The second-order valence-corrected chi connectivity index (χ2v) is 5.49. The van der Waals surface area contributed by atoms with E-state index in [1.54, 1.807) is 7.05 Å². The van der Waals surface area contributed by atoms with Crippen molar-refractivity contribution < 1.29 is 22.1 Å². The van der Waals surface area contributed by atoms with E-state index < -0.39 is 16.2 Å². The van der Waals surface area contributed by atoms with Crippen molar-refractivity contribution in [3.8, 4) is 0 Å². The average Bonchev–Trinajstić information content (AvgIpc) is 2.28. The highest BCUT2D eigenvalue weighted by Crippen LogP contribution is 1.99. The van der Waals surface area contributed by atoms with Crippen LogP contribution in [0.3, 0.4) is 0 Å². The molecule has 6 nitrogen and oxygen atoms in total. The Hall–Kier alpha value is -1.08. The zero-order valence-corrected chi connectivity index (χ0v) is 11.7. The van der Waals surface area contributed by atoms with Gasteiger partial charge in [-0.3, -0.25) is 4.18 Å². The summed E-state index contributed by atoms with van der Waals surface area (Å²) in [5.41, 5.74) is 0. The van der Waals surface area contributed by atoms with Crippen LogP contribution in [0.2, 0.25) is 0 Å². The number of nitrogens with zero attached hydrogens (tertiary/aromatic N) is 1. The number of allylic oxidation sites excluding steroid dienone is 1. The van der Waals surface area contributed by atoms with Gasteiger partial charge in [0.15, 0.2) is 0 Å². The summed E-state index contributed by atoms with van der Waals surface area (Å²) in [6.07, 6.45) is 5.06. The molecule has 106 valence electrons. The van der Waals surface area contributed by atoms with E-state index in [0.29, 0.717) is 6.54 Å². The van der Waals surface area contributed by atoms with E-state index in [9.17, 15) is 13.2 Å². The number of rotatable bonds is 9. The monoisotopic (exact) mass is 279 g/mol. The molecule has 0 heterocycles. The first kappa shape index (κ1) is 16.9. The molecule has 0 spiro atoms. The molecular weight excluding hydrogens is 258 g/mol. The topological polar surface area (TPSA) is 72.9 Å². The summed E-state index contributed by atoms with van der Waals surface area (Å²) in [6.45, 7) is 3.97. The predicted molar refractivity (Wildman–Crippen MR) is 68.8 cm³/mol. The molecule has 0 radical (unpaired) electrons.